The Bertz CT molecular complexity index is 1110. The summed E-state index contributed by atoms with van der Waals surface area (Å²) >= 11 is 12.5. The van der Waals surface area contributed by atoms with Crippen molar-refractivity contribution in [3.8, 4) is 22.9 Å². The molecule has 9 heteroatoms. The number of halogens is 4. The molecule has 2 aliphatic rings. The van der Waals surface area contributed by atoms with Crippen LogP contribution in [0, 0.1) is 11.6 Å². The largest absolute Gasteiger partial charge is 0.382 e. The van der Waals surface area contributed by atoms with Crippen molar-refractivity contribution in [2.75, 3.05) is 5.73 Å². The third kappa shape index (κ3) is 3.20. The van der Waals surface area contributed by atoms with Crippen LogP contribution >= 0.6 is 23.2 Å². The van der Waals surface area contributed by atoms with Crippen LogP contribution in [0.25, 0.3) is 22.9 Å². The van der Waals surface area contributed by atoms with E-state index in [-0.39, 0.29) is 18.2 Å². The summed E-state index contributed by atoms with van der Waals surface area (Å²) in [5.74, 6) is -1.11. The van der Waals surface area contributed by atoms with Crippen molar-refractivity contribution < 1.29 is 8.78 Å². The lowest BCUT2D eigenvalue weighted by atomic mass is 10.2. The molecule has 0 aromatic heterocycles. The molecule has 2 N–H and O–H groups in total. The molecule has 2 aromatic carbocycles. The Balaban J connectivity index is 1.83. The molecule has 0 bridgehead atoms. The molecule has 0 saturated heterocycles. The smallest absolute Gasteiger partial charge is 0.166 e. The lowest BCUT2D eigenvalue weighted by Gasteiger charge is -2.13. The van der Waals surface area contributed by atoms with Crippen LogP contribution in [-0.4, -0.2) is 19.5 Å². The fourth-order valence-corrected chi connectivity index (χ4v) is 3.20. The molecule has 136 valence electrons. The standard InChI is InChI=1S/C18H11Cl2F2N5/c19-11-2-1-3-12(20)10(11)7-27-8-24-16(23)15-18(27)26-17(25-15)9-4-5-13(21)14(22)6-9/h1-6,8H,7,23H2. The second-order valence-corrected chi connectivity index (χ2v) is 6.62. The van der Waals surface area contributed by atoms with Crippen molar-refractivity contribution in [1.82, 2.24) is 19.5 Å². The third-order valence-electron chi connectivity index (χ3n) is 4.06. The van der Waals surface area contributed by atoms with Gasteiger partial charge in [-0.25, -0.2) is 23.7 Å². The average Bonchev–Trinajstić information content (AvgIpc) is 3.09. The summed E-state index contributed by atoms with van der Waals surface area (Å²) in [4.78, 5) is 12.9. The maximum atomic E-state index is 13.6. The van der Waals surface area contributed by atoms with Crippen LogP contribution in [0.15, 0.2) is 42.7 Å². The van der Waals surface area contributed by atoms with Gasteiger partial charge in [0.2, 0.25) is 0 Å². The highest BCUT2D eigenvalue weighted by Gasteiger charge is 2.21. The van der Waals surface area contributed by atoms with Gasteiger partial charge in [0.25, 0.3) is 0 Å². The Morgan fingerprint density at radius 1 is 1.00 bits per heavy atom. The zero-order valence-corrected chi connectivity index (χ0v) is 15.1. The van der Waals surface area contributed by atoms with Gasteiger partial charge in [-0.15, -0.1) is 0 Å². The summed E-state index contributed by atoms with van der Waals surface area (Å²) in [6.45, 7) is 0.290. The number of nitrogens with zero attached hydrogens (tertiary/aromatic N) is 4. The van der Waals surface area contributed by atoms with Gasteiger partial charge in [-0.2, -0.15) is 0 Å². The highest BCUT2D eigenvalue weighted by molar-refractivity contribution is 6.36. The van der Waals surface area contributed by atoms with Gasteiger partial charge in [0.05, 0.1) is 12.9 Å². The Hall–Kier alpha value is -2.77. The Kier molecular flexibility index (Phi) is 4.41. The van der Waals surface area contributed by atoms with E-state index < -0.39 is 11.6 Å². The molecular formula is C18H11Cl2F2N5. The van der Waals surface area contributed by atoms with Crippen molar-refractivity contribution in [3.05, 3.63) is 70.0 Å². The molecule has 5 nitrogen and oxygen atoms in total. The summed E-state index contributed by atoms with van der Waals surface area (Å²) in [5, 5.41) is 1.00. The van der Waals surface area contributed by atoms with Crippen LogP contribution in [0.5, 0.6) is 0 Å². The first-order chi connectivity index (χ1) is 12.9. The first kappa shape index (κ1) is 17.6. The van der Waals surface area contributed by atoms with Gasteiger partial charge in [0, 0.05) is 21.2 Å². The number of hydrogen-bond acceptors (Lipinski definition) is 4. The quantitative estimate of drug-likeness (QED) is 0.537. The zero-order chi connectivity index (χ0) is 19.1. The first-order valence-electron chi connectivity index (χ1n) is 7.80. The lowest BCUT2D eigenvalue weighted by molar-refractivity contribution is 0.509. The van der Waals surface area contributed by atoms with E-state index in [9.17, 15) is 8.78 Å². The van der Waals surface area contributed by atoms with E-state index in [1.165, 1.54) is 12.4 Å². The third-order valence-corrected chi connectivity index (χ3v) is 4.77. The number of anilines is 1. The number of aromatic nitrogens is 4. The topological polar surface area (TPSA) is 69.6 Å². The van der Waals surface area contributed by atoms with E-state index in [1.807, 2.05) is 0 Å². The fraction of sp³-hybridized carbons (Fsp3) is 0.0556. The van der Waals surface area contributed by atoms with Crippen molar-refractivity contribution in [3.63, 3.8) is 0 Å². The fourth-order valence-electron chi connectivity index (χ4n) is 2.69. The van der Waals surface area contributed by atoms with E-state index in [2.05, 4.69) is 15.0 Å². The molecule has 0 fully saturated rings. The highest BCUT2D eigenvalue weighted by atomic mass is 35.5. The van der Waals surface area contributed by atoms with Crippen molar-refractivity contribution in [1.29, 1.82) is 0 Å². The van der Waals surface area contributed by atoms with Gasteiger partial charge < -0.3 is 10.3 Å². The number of nitrogens with two attached hydrogens (primary N) is 1. The van der Waals surface area contributed by atoms with Gasteiger partial charge in [-0.1, -0.05) is 29.3 Å². The monoisotopic (exact) mass is 405 g/mol. The Morgan fingerprint density at radius 2 is 1.74 bits per heavy atom. The van der Waals surface area contributed by atoms with Crippen molar-refractivity contribution in [2.45, 2.75) is 6.54 Å². The van der Waals surface area contributed by atoms with E-state index in [0.29, 0.717) is 32.7 Å². The summed E-state index contributed by atoms with van der Waals surface area (Å²) in [6.07, 6.45) is 1.50. The van der Waals surface area contributed by atoms with Crippen LogP contribution < -0.4 is 5.73 Å². The number of benzene rings is 2. The van der Waals surface area contributed by atoms with E-state index >= 15 is 0 Å². The summed E-state index contributed by atoms with van der Waals surface area (Å²) < 4.78 is 28.4. The predicted molar refractivity (Wildman–Crippen MR) is 99.8 cm³/mol. The summed E-state index contributed by atoms with van der Waals surface area (Å²) in [6, 6.07) is 8.65. The van der Waals surface area contributed by atoms with Crippen LogP contribution in [0.4, 0.5) is 14.6 Å². The SMILES string of the molecule is Nc1ncn(Cc2c(Cl)cccc2Cl)c2nc(-c3ccc(F)c(F)c3)nc1-2. The number of nitrogen functional groups attached to an aromatic ring is 1. The molecule has 0 amide bonds. The highest BCUT2D eigenvalue weighted by Crippen LogP contribution is 2.31. The molecule has 27 heavy (non-hydrogen) atoms. The molecule has 0 spiro atoms. The van der Waals surface area contributed by atoms with E-state index in [4.69, 9.17) is 28.9 Å². The molecule has 0 radical (unpaired) electrons. The summed E-state index contributed by atoms with van der Waals surface area (Å²) in [5.41, 5.74) is 7.27. The van der Waals surface area contributed by atoms with Gasteiger partial charge in [-0.05, 0) is 30.3 Å². The Labute approximate surface area is 162 Å². The molecular weight excluding hydrogens is 395 g/mol. The second kappa shape index (κ2) is 6.75. The summed E-state index contributed by atoms with van der Waals surface area (Å²) in [7, 11) is 0. The van der Waals surface area contributed by atoms with Crippen molar-refractivity contribution in [2.24, 2.45) is 0 Å². The minimum Gasteiger partial charge on any atom is -0.382 e. The zero-order valence-electron chi connectivity index (χ0n) is 13.6. The molecule has 2 aliphatic heterocycles. The molecule has 4 rings (SSSR count). The number of fused-ring (bicyclic) bond motifs is 1. The number of hydrogen-bond donors (Lipinski definition) is 1. The van der Waals surface area contributed by atoms with Crippen LogP contribution in [0.3, 0.4) is 0 Å². The first-order valence-corrected chi connectivity index (χ1v) is 8.56. The minimum absolute atomic E-state index is 0.174. The molecule has 0 unspecified atom stereocenters. The number of rotatable bonds is 3. The molecule has 0 saturated carbocycles. The van der Waals surface area contributed by atoms with Crippen LogP contribution in [0.2, 0.25) is 10.0 Å². The van der Waals surface area contributed by atoms with Gasteiger partial charge in [0.15, 0.2) is 34.8 Å². The maximum absolute atomic E-state index is 13.6. The van der Waals surface area contributed by atoms with Gasteiger partial charge in [0.1, 0.15) is 0 Å². The molecule has 0 atom stereocenters. The molecule has 0 aliphatic carbocycles. The van der Waals surface area contributed by atoms with Gasteiger partial charge in [-0.3, -0.25) is 0 Å². The molecule has 2 heterocycles. The number of imidazole rings is 1. The second-order valence-electron chi connectivity index (χ2n) is 5.81. The predicted octanol–water partition coefficient (Wildman–Crippen LogP) is 4.66. The van der Waals surface area contributed by atoms with Crippen LogP contribution in [0.1, 0.15) is 5.56 Å². The van der Waals surface area contributed by atoms with E-state index in [0.717, 1.165) is 12.1 Å². The van der Waals surface area contributed by atoms with E-state index in [1.54, 1.807) is 22.8 Å². The average molecular weight is 406 g/mol. The normalized spacial score (nSPS) is 11.3. The lowest BCUT2D eigenvalue weighted by Crippen LogP contribution is -2.09. The van der Waals surface area contributed by atoms with Gasteiger partial charge >= 0.3 is 0 Å². The maximum Gasteiger partial charge on any atom is 0.166 e. The minimum atomic E-state index is -0.983. The van der Waals surface area contributed by atoms with Crippen molar-refractivity contribution >= 4 is 29.0 Å². The van der Waals surface area contributed by atoms with Crippen LogP contribution in [-0.2, 0) is 6.54 Å². The molecule has 2 aromatic rings. The Morgan fingerprint density at radius 3 is 2.44 bits per heavy atom.